The molecule has 0 atom stereocenters. The van der Waals surface area contributed by atoms with Crippen molar-refractivity contribution in [3.63, 3.8) is 0 Å². The van der Waals surface area contributed by atoms with Crippen LogP contribution in [0.3, 0.4) is 0 Å². The molecular formula is C28H33N3O2. The van der Waals surface area contributed by atoms with Crippen LogP contribution in [0.15, 0.2) is 48.5 Å². The number of fused-ring (bicyclic) bond motifs is 1. The van der Waals surface area contributed by atoms with Gasteiger partial charge < -0.3 is 9.80 Å². The number of hydrogen-bond acceptors (Lipinski definition) is 3. The molecule has 1 fully saturated rings. The van der Waals surface area contributed by atoms with Gasteiger partial charge in [-0.1, -0.05) is 42.0 Å². The van der Waals surface area contributed by atoms with Crippen molar-refractivity contribution in [3.8, 4) is 11.3 Å². The number of piperidine rings is 1. The van der Waals surface area contributed by atoms with Gasteiger partial charge in [0.15, 0.2) is 0 Å². The van der Waals surface area contributed by atoms with Gasteiger partial charge in [0.25, 0.3) is 5.91 Å². The maximum Gasteiger partial charge on any atom is 0.254 e. The Kier molecular flexibility index (Phi) is 6.77. The van der Waals surface area contributed by atoms with Crippen LogP contribution in [0.2, 0.25) is 0 Å². The molecule has 0 N–H and O–H groups in total. The van der Waals surface area contributed by atoms with E-state index in [2.05, 4.69) is 32.0 Å². The molecule has 5 heteroatoms. The number of amides is 2. The van der Waals surface area contributed by atoms with Crippen LogP contribution < -0.4 is 0 Å². The van der Waals surface area contributed by atoms with Gasteiger partial charge in [0.05, 0.1) is 16.8 Å². The second kappa shape index (κ2) is 9.74. The van der Waals surface area contributed by atoms with Crippen LogP contribution in [0, 0.1) is 19.8 Å². The molecule has 0 radical (unpaired) electrons. The first kappa shape index (κ1) is 23.0. The number of nitrogens with zero attached hydrogens (tertiary/aromatic N) is 3. The fourth-order valence-corrected chi connectivity index (χ4v) is 4.88. The van der Waals surface area contributed by atoms with E-state index in [4.69, 9.17) is 4.98 Å². The van der Waals surface area contributed by atoms with Crippen molar-refractivity contribution >= 4 is 22.7 Å². The number of carbonyl (C=O) groups is 2. The van der Waals surface area contributed by atoms with Gasteiger partial charge in [0.1, 0.15) is 0 Å². The molecule has 0 unspecified atom stereocenters. The topological polar surface area (TPSA) is 53.5 Å². The average Bonchev–Trinajstić information content (AvgIpc) is 2.83. The van der Waals surface area contributed by atoms with Crippen LogP contribution in [0.5, 0.6) is 0 Å². The van der Waals surface area contributed by atoms with Gasteiger partial charge in [-0.05, 0) is 58.2 Å². The zero-order valence-corrected chi connectivity index (χ0v) is 20.1. The van der Waals surface area contributed by atoms with Crippen molar-refractivity contribution in [3.05, 3.63) is 65.2 Å². The molecule has 1 aromatic heterocycles. The van der Waals surface area contributed by atoms with E-state index in [1.54, 1.807) is 0 Å². The van der Waals surface area contributed by atoms with Crippen LogP contribution in [-0.2, 0) is 4.79 Å². The Balaban J connectivity index is 1.63. The summed E-state index contributed by atoms with van der Waals surface area (Å²) >= 11 is 0. The third-order valence-electron chi connectivity index (χ3n) is 6.81. The van der Waals surface area contributed by atoms with Crippen LogP contribution in [0.4, 0.5) is 0 Å². The van der Waals surface area contributed by atoms with Gasteiger partial charge in [-0.15, -0.1) is 0 Å². The predicted octanol–water partition coefficient (Wildman–Crippen LogP) is 5.24. The first-order valence-corrected chi connectivity index (χ1v) is 12.0. The van der Waals surface area contributed by atoms with Crippen molar-refractivity contribution in [1.82, 2.24) is 14.8 Å². The standard InChI is InChI=1S/C28H33N3O2/c1-5-30(6-2)27(32)21-13-15-31(16-14-21)28(33)24-18-26(22-12-11-19(3)17-20(22)4)29-25-10-8-7-9-23(24)25/h7-12,17-18,21H,5-6,13-16H2,1-4H3. The number of pyridine rings is 1. The van der Waals surface area contributed by atoms with Crippen LogP contribution >= 0.6 is 0 Å². The van der Waals surface area contributed by atoms with E-state index in [1.807, 2.05) is 54.0 Å². The molecule has 3 aromatic rings. The minimum Gasteiger partial charge on any atom is -0.343 e. The monoisotopic (exact) mass is 443 g/mol. The summed E-state index contributed by atoms with van der Waals surface area (Å²) in [5.74, 6) is 0.251. The summed E-state index contributed by atoms with van der Waals surface area (Å²) in [4.78, 5) is 35.1. The Hall–Kier alpha value is -3.21. The number of hydrogen-bond donors (Lipinski definition) is 0. The molecule has 5 nitrogen and oxygen atoms in total. The molecule has 1 aliphatic rings. The number of aryl methyl sites for hydroxylation is 2. The Morgan fingerprint density at radius 2 is 1.70 bits per heavy atom. The number of benzene rings is 2. The fraction of sp³-hybridized carbons (Fsp3) is 0.393. The lowest BCUT2D eigenvalue weighted by molar-refractivity contribution is -0.136. The molecule has 2 aromatic carbocycles. The molecule has 0 saturated carbocycles. The van der Waals surface area contributed by atoms with Gasteiger partial charge >= 0.3 is 0 Å². The first-order valence-electron chi connectivity index (χ1n) is 12.0. The molecule has 2 amide bonds. The maximum atomic E-state index is 13.7. The smallest absolute Gasteiger partial charge is 0.254 e. The van der Waals surface area contributed by atoms with E-state index in [0.717, 1.165) is 40.8 Å². The summed E-state index contributed by atoms with van der Waals surface area (Å²) < 4.78 is 0. The highest BCUT2D eigenvalue weighted by Crippen LogP contribution is 2.29. The van der Waals surface area contributed by atoms with Crippen molar-refractivity contribution in [2.45, 2.75) is 40.5 Å². The number of rotatable bonds is 5. The molecule has 0 bridgehead atoms. The highest BCUT2D eigenvalue weighted by Gasteiger charge is 2.30. The molecule has 4 rings (SSSR count). The number of aromatic nitrogens is 1. The highest BCUT2D eigenvalue weighted by atomic mass is 16.2. The third-order valence-corrected chi connectivity index (χ3v) is 6.81. The van der Waals surface area contributed by atoms with E-state index in [-0.39, 0.29) is 17.7 Å². The second-order valence-corrected chi connectivity index (χ2v) is 8.97. The number of likely N-dealkylation sites (tertiary alicyclic amines) is 1. The SMILES string of the molecule is CCN(CC)C(=O)C1CCN(C(=O)c2cc(-c3ccc(C)cc3C)nc3ccccc23)CC1. The van der Waals surface area contributed by atoms with Crippen LogP contribution in [0.25, 0.3) is 22.2 Å². The lowest BCUT2D eigenvalue weighted by Gasteiger charge is -2.34. The first-order chi connectivity index (χ1) is 15.9. The van der Waals surface area contributed by atoms with Gasteiger partial charge in [0, 0.05) is 43.0 Å². The van der Waals surface area contributed by atoms with Crippen molar-refractivity contribution in [1.29, 1.82) is 0 Å². The van der Waals surface area contributed by atoms with E-state index < -0.39 is 0 Å². The Morgan fingerprint density at radius 3 is 2.36 bits per heavy atom. The summed E-state index contributed by atoms with van der Waals surface area (Å²) in [6, 6.07) is 16.1. The molecular weight excluding hydrogens is 410 g/mol. The number of carbonyl (C=O) groups excluding carboxylic acids is 2. The Labute approximate surface area is 196 Å². The zero-order chi connectivity index (χ0) is 23.5. The van der Waals surface area contributed by atoms with E-state index in [9.17, 15) is 9.59 Å². The highest BCUT2D eigenvalue weighted by molar-refractivity contribution is 6.07. The Bertz CT molecular complexity index is 1170. The number of para-hydroxylation sites is 1. The molecule has 0 spiro atoms. The molecule has 2 heterocycles. The molecule has 1 saturated heterocycles. The second-order valence-electron chi connectivity index (χ2n) is 8.97. The van der Waals surface area contributed by atoms with Crippen molar-refractivity contribution < 1.29 is 9.59 Å². The minimum atomic E-state index is 0.00824. The lowest BCUT2D eigenvalue weighted by atomic mass is 9.94. The van der Waals surface area contributed by atoms with Gasteiger partial charge in [-0.3, -0.25) is 9.59 Å². The van der Waals surface area contributed by atoms with Crippen molar-refractivity contribution in [2.75, 3.05) is 26.2 Å². The molecule has 1 aliphatic heterocycles. The van der Waals surface area contributed by atoms with Crippen LogP contribution in [0.1, 0.15) is 48.2 Å². The summed E-state index contributed by atoms with van der Waals surface area (Å²) in [5.41, 5.74) is 5.72. The largest absolute Gasteiger partial charge is 0.343 e. The van der Waals surface area contributed by atoms with E-state index >= 15 is 0 Å². The molecule has 172 valence electrons. The van der Waals surface area contributed by atoms with Crippen molar-refractivity contribution in [2.24, 2.45) is 5.92 Å². The maximum absolute atomic E-state index is 13.7. The van der Waals surface area contributed by atoms with Gasteiger partial charge in [0.2, 0.25) is 5.91 Å². The van der Waals surface area contributed by atoms with Gasteiger partial charge in [-0.25, -0.2) is 4.98 Å². The predicted molar refractivity (Wildman–Crippen MR) is 133 cm³/mol. The lowest BCUT2D eigenvalue weighted by Crippen LogP contribution is -2.44. The summed E-state index contributed by atoms with van der Waals surface area (Å²) in [6.45, 7) is 10.9. The minimum absolute atomic E-state index is 0.00824. The Morgan fingerprint density at radius 1 is 1.00 bits per heavy atom. The fourth-order valence-electron chi connectivity index (χ4n) is 4.88. The third kappa shape index (κ3) is 4.63. The van der Waals surface area contributed by atoms with E-state index in [0.29, 0.717) is 31.5 Å². The van der Waals surface area contributed by atoms with E-state index in [1.165, 1.54) is 5.56 Å². The zero-order valence-electron chi connectivity index (χ0n) is 20.1. The molecule has 0 aliphatic carbocycles. The normalized spacial score (nSPS) is 14.5. The summed E-state index contributed by atoms with van der Waals surface area (Å²) in [6.07, 6.45) is 1.43. The summed E-state index contributed by atoms with van der Waals surface area (Å²) in [5, 5.41) is 0.873. The van der Waals surface area contributed by atoms with Gasteiger partial charge in [-0.2, -0.15) is 0 Å². The average molecular weight is 444 g/mol. The molecule has 33 heavy (non-hydrogen) atoms. The quantitative estimate of drug-likeness (QED) is 0.542. The summed E-state index contributed by atoms with van der Waals surface area (Å²) in [7, 11) is 0. The van der Waals surface area contributed by atoms with Crippen LogP contribution in [-0.4, -0.2) is 52.8 Å².